The highest BCUT2D eigenvalue weighted by Gasteiger charge is 2.26. The average Bonchev–Trinajstić information content (AvgIpc) is 3.72. The molecule has 11 rings (SSSR count). The maximum absolute atomic E-state index is 6.98. The summed E-state index contributed by atoms with van der Waals surface area (Å²) in [5.41, 5.74) is 14.8. The SMILES string of the molecule is c1ccc(-c2ccc(N(c3ccccc3-c3ccccc3)c3c(-c4ccc(N(c5ccccc5)c5cccc6ccccc56)cc4)ccc4c3oc3ccccc34)cc2)cc1. The summed E-state index contributed by atoms with van der Waals surface area (Å²) in [7, 11) is 0. The first-order valence-electron chi connectivity index (χ1n) is 20.8. The number of para-hydroxylation sites is 3. The molecule has 0 spiro atoms. The van der Waals surface area contributed by atoms with Gasteiger partial charge in [-0.1, -0.05) is 182 Å². The van der Waals surface area contributed by atoms with E-state index < -0.39 is 0 Å². The fourth-order valence-electron chi connectivity index (χ4n) is 8.78. The van der Waals surface area contributed by atoms with Crippen molar-refractivity contribution in [1.82, 2.24) is 0 Å². The maximum Gasteiger partial charge on any atom is 0.160 e. The van der Waals surface area contributed by atoms with E-state index in [1.54, 1.807) is 0 Å². The van der Waals surface area contributed by atoms with E-state index in [1.165, 1.54) is 16.3 Å². The largest absolute Gasteiger partial charge is 0.454 e. The third-order valence-corrected chi connectivity index (χ3v) is 11.7. The second-order valence-electron chi connectivity index (χ2n) is 15.3. The summed E-state index contributed by atoms with van der Waals surface area (Å²) in [6.07, 6.45) is 0. The summed E-state index contributed by atoms with van der Waals surface area (Å²) >= 11 is 0. The van der Waals surface area contributed by atoms with Gasteiger partial charge in [-0.3, -0.25) is 0 Å². The van der Waals surface area contributed by atoms with Gasteiger partial charge in [0.25, 0.3) is 0 Å². The smallest absolute Gasteiger partial charge is 0.160 e. The Morgan fingerprint density at radius 3 is 1.54 bits per heavy atom. The van der Waals surface area contributed by atoms with E-state index in [9.17, 15) is 0 Å². The zero-order valence-corrected chi connectivity index (χ0v) is 33.4. The summed E-state index contributed by atoms with van der Waals surface area (Å²) in [6, 6.07) is 86.4. The first kappa shape index (κ1) is 36.0. The first-order valence-corrected chi connectivity index (χ1v) is 20.8. The Hall–Kier alpha value is -8.14. The molecule has 0 radical (unpaired) electrons. The molecule has 61 heavy (non-hydrogen) atoms. The standard InChI is InChI=1S/C58H40N2O/c1-4-17-41(18-5-1)42-31-35-48(36-32-42)60(55-28-14-12-26-50(55)43-19-6-2-7-20-43)57-51(39-40-53-52-27-13-15-30-56(52)61-58(53)57)45-33-37-47(38-34-45)59(46-23-8-3-9-24-46)54-29-16-22-44-21-10-11-25-49(44)54/h1-40H. The summed E-state index contributed by atoms with van der Waals surface area (Å²) in [5.74, 6) is 0. The summed E-state index contributed by atoms with van der Waals surface area (Å²) in [6.45, 7) is 0. The highest BCUT2D eigenvalue weighted by Crippen LogP contribution is 2.50. The Morgan fingerprint density at radius 2 is 0.787 bits per heavy atom. The van der Waals surface area contributed by atoms with Gasteiger partial charge in [0.15, 0.2) is 5.58 Å². The quantitative estimate of drug-likeness (QED) is 0.145. The Balaban J connectivity index is 1.14. The molecule has 0 amide bonds. The number of anilines is 6. The van der Waals surface area contributed by atoms with Crippen LogP contribution in [0.1, 0.15) is 0 Å². The molecule has 0 aliphatic heterocycles. The number of furan rings is 1. The Labute approximate surface area is 355 Å². The van der Waals surface area contributed by atoms with Gasteiger partial charge in [-0.2, -0.15) is 0 Å². The van der Waals surface area contributed by atoms with Crippen LogP contribution in [-0.4, -0.2) is 0 Å². The molecule has 0 atom stereocenters. The number of hydrogen-bond donors (Lipinski definition) is 0. The molecule has 0 fully saturated rings. The molecule has 0 bridgehead atoms. The minimum Gasteiger partial charge on any atom is -0.454 e. The predicted octanol–water partition coefficient (Wildman–Crippen LogP) is 16.7. The van der Waals surface area contributed by atoms with Gasteiger partial charge in [-0.15, -0.1) is 0 Å². The Kier molecular flexibility index (Phi) is 9.18. The molecular weight excluding hydrogens is 741 g/mol. The first-order chi connectivity index (χ1) is 30.3. The van der Waals surface area contributed by atoms with Crippen LogP contribution in [0.4, 0.5) is 34.1 Å². The average molecular weight is 781 g/mol. The van der Waals surface area contributed by atoms with E-state index in [4.69, 9.17) is 4.42 Å². The van der Waals surface area contributed by atoms with Crippen LogP contribution < -0.4 is 9.80 Å². The van der Waals surface area contributed by atoms with Crippen LogP contribution in [0.25, 0.3) is 66.1 Å². The molecule has 3 nitrogen and oxygen atoms in total. The van der Waals surface area contributed by atoms with Crippen LogP contribution in [-0.2, 0) is 0 Å². The van der Waals surface area contributed by atoms with Crippen molar-refractivity contribution < 1.29 is 4.42 Å². The fourth-order valence-corrected chi connectivity index (χ4v) is 8.78. The van der Waals surface area contributed by atoms with Crippen molar-refractivity contribution in [3.05, 3.63) is 243 Å². The molecule has 1 aromatic heterocycles. The van der Waals surface area contributed by atoms with E-state index in [1.807, 2.05) is 6.07 Å². The molecule has 0 saturated carbocycles. The lowest BCUT2D eigenvalue weighted by Gasteiger charge is -2.30. The zero-order valence-electron chi connectivity index (χ0n) is 33.4. The molecule has 3 heteroatoms. The Morgan fingerprint density at radius 1 is 0.279 bits per heavy atom. The van der Waals surface area contributed by atoms with Crippen LogP contribution in [0.2, 0.25) is 0 Å². The molecule has 0 saturated heterocycles. The van der Waals surface area contributed by atoms with E-state index in [0.29, 0.717) is 0 Å². The lowest BCUT2D eigenvalue weighted by Crippen LogP contribution is -2.13. The third kappa shape index (κ3) is 6.59. The lowest BCUT2D eigenvalue weighted by molar-refractivity contribution is 0.669. The van der Waals surface area contributed by atoms with Gasteiger partial charge in [-0.25, -0.2) is 0 Å². The van der Waals surface area contributed by atoms with Gasteiger partial charge < -0.3 is 14.2 Å². The van der Waals surface area contributed by atoms with Gasteiger partial charge in [0.1, 0.15) is 5.58 Å². The molecular formula is C58H40N2O. The lowest BCUT2D eigenvalue weighted by atomic mass is 9.96. The van der Waals surface area contributed by atoms with E-state index in [-0.39, 0.29) is 0 Å². The van der Waals surface area contributed by atoms with E-state index in [2.05, 4.69) is 246 Å². The maximum atomic E-state index is 6.98. The molecule has 11 aromatic rings. The number of fused-ring (bicyclic) bond motifs is 4. The van der Waals surface area contributed by atoms with Gasteiger partial charge in [0, 0.05) is 44.3 Å². The highest BCUT2D eigenvalue weighted by molar-refractivity contribution is 6.14. The Bertz CT molecular complexity index is 3280. The molecule has 0 aliphatic rings. The molecule has 0 aliphatic carbocycles. The van der Waals surface area contributed by atoms with Crippen molar-refractivity contribution in [2.75, 3.05) is 9.80 Å². The number of rotatable bonds is 9. The molecule has 0 N–H and O–H groups in total. The van der Waals surface area contributed by atoms with Crippen molar-refractivity contribution in [1.29, 1.82) is 0 Å². The topological polar surface area (TPSA) is 19.6 Å². The summed E-state index contributed by atoms with van der Waals surface area (Å²) in [5, 5.41) is 4.56. The second-order valence-corrected chi connectivity index (χ2v) is 15.3. The molecule has 0 unspecified atom stereocenters. The van der Waals surface area contributed by atoms with Crippen LogP contribution in [0.3, 0.4) is 0 Å². The number of benzene rings is 10. The van der Waals surface area contributed by atoms with Crippen molar-refractivity contribution >= 4 is 66.8 Å². The molecule has 10 aromatic carbocycles. The summed E-state index contributed by atoms with van der Waals surface area (Å²) in [4.78, 5) is 4.75. The fraction of sp³-hybridized carbons (Fsp3) is 0. The normalized spacial score (nSPS) is 11.3. The van der Waals surface area contributed by atoms with Crippen molar-refractivity contribution in [3.63, 3.8) is 0 Å². The van der Waals surface area contributed by atoms with Crippen LogP contribution in [0.15, 0.2) is 247 Å². The molecule has 288 valence electrons. The third-order valence-electron chi connectivity index (χ3n) is 11.7. The molecule has 1 heterocycles. The van der Waals surface area contributed by atoms with Crippen LogP contribution in [0.5, 0.6) is 0 Å². The zero-order chi connectivity index (χ0) is 40.5. The van der Waals surface area contributed by atoms with Crippen molar-refractivity contribution in [2.24, 2.45) is 0 Å². The van der Waals surface area contributed by atoms with Gasteiger partial charge >= 0.3 is 0 Å². The van der Waals surface area contributed by atoms with E-state index in [0.717, 1.165) is 83.9 Å². The predicted molar refractivity (Wildman–Crippen MR) is 257 cm³/mol. The van der Waals surface area contributed by atoms with Crippen LogP contribution >= 0.6 is 0 Å². The van der Waals surface area contributed by atoms with Crippen LogP contribution in [0, 0.1) is 0 Å². The minimum absolute atomic E-state index is 0.833. The minimum atomic E-state index is 0.833. The van der Waals surface area contributed by atoms with Gasteiger partial charge in [0.2, 0.25) is 0 Å². The second kappa shape index (κ2) is 15.6. The number of hydrogen-bond acceptors (Lipinski definition) is 3. The monoisotopic (exact) mass is 780 g/mol. The van der Waals surface area contributed by atoms with Crippen molar-refractivity contribution in [2.45, 2.75) is 0 Å². The number of nitrogens with zero attached hydrogens (tertiary/aromatic N) is 2. The van der Waals surface area contributed by atoms with Gasteiger partial charge in [0.05, 0.1) is 17.1 Å². The van der Waals surface area contributed by atoms with E-state index >= 15 is 0 Å². The van der Waals surface area contributed by atoms with Crippen molar-refractivity contribution in [3.8, 4) is 33.4 Å². The van der Waals surface area contributed by atoms with Gasteiger partial charge in [-0.05, 0) is 88.3 Å². The highest BCUT2D eigenvalue weighted by atomic mass is 16.3. The summed E-state index contributed by atoms with van der Waals surface area (Å²) < 4.78 is 6.98.